The summed E-state index contributed by atoms with van der Waals surface area (Å²) in [6.45, 7) is 3.73. The molecule has 2 aliphatic rings. The van der Waals surface area contributed by atoms with Crippen LogP contribution in [0.2, 0.25) is 0 Å². The molecule has 24 heavy (non-hydrogen) atoms. The number of hydrogen-bond acceptors (Lipinski definition) is 2. The van der Waals surface area contributed by atoms with Crippen LogP contribution in [0.4, 0.5) is 18.0 Å². The highest BCUT2D eigenvalue weighted by atomic mass is 19.4. The van der Waals surface area contributed by atoms with Crippen LogP contribution in [0.15, 0.2) is 0 Å². The fourth-order valence-electron chi connectivity index (χ4n) is 3.48. The quantitative estimate of drug-likeness (QED) is 0.852. The Bertz CT molecular complexity index is 456. The number of nitrogens with one attached hydrogen (secondary N) is 1. The Kier molecular flexibility index (Phi) is 6.34. The Hall–Kier alpha value is -1.47. The summed E-state index contributed by atoms with van der Waals surface area (Å²) in [4.78, 5) is 27.7. The van der Waals surface area contributed by atoms with Gasteiger partial charge in [-0.2, -0.15) is 13.2 Å². The van der Waals surface area contributed by atoms with Crippen LogP contribution in [0.5, 0.6) is 0 Å². The Morgan fingerprint density at radius 3 is 2.67 bits per heavy atom. The number of nitrogens with zero attached hydrogens (tertiary/aromatic N) is 2. The number of hydrogen-bond donors (Lipinski definition) is 1. The highest BCUT2D eigenvalue weighted by molar-refractivity contribution is 5.84. The first kappa shape index (κ1) is 18.9. The van der Waals surface area contributed by atoms with Crippen LogP contribution < -0.4 is 5.32 Å². The second kappa shape index (κ2) is 8.07. The fraction of sp³-hybridized carbons (Fsp3) is 0.875. The van der Waals surface area contributed by atoms with Crippen molar-refractivity contribution in [3.8, 4) is 0 Å². The molecule has 138 valence electrons. The lowest BCUT2D eigenvalue weighted by Gasteiger charge is -2.32. The Morgan fingerprint density at radius 2 is 2.00 bits per heavy atom. The van der Waals surface area contributed by atoms with Crippen LogP contribution in [0.25, 0.3) is 0 Å². The van der Waals surface area contributed by atoms with Crippen molar-refractivity contribution >= 4 is 11.9 Å². The molecule has 5 nitrogen and oxygen atoms in total. The largest absolute Gasteiger partial charge is 0.391 e. The van der Waals surface area contributed by atoms with Crippen molar-refractivity contribution in [2.45, 2.75) is 57.7 Å². The molecular weight excluding hydrogens is 323 g/mol. The van der Waals surface area contributed by atoms with E-state index in [1.807, 2.05) is 6.92 Å². The van der Waals surface area contributed by atoms with Crippen molar-refractivity contribution in [2.24, 2.45) is 5.92 Å². The predicted octanol–water partition coefficient (Wildman–Crippen LogP) is 2.76. The van der Waals surface area contributed by atoms with Gasteiger partial charge in [-0.25, -0.2) is 4.79 Å². The summed E-state index contributed by atoms with van der Waals surface area (Å²) in [5.74, 6) is -1.44. The summed E-state index contributed by atoms with van der Waals surface area (Å²) in [5, 5.41) is 2.70. The van der Waals surface area contributed by atoms with E-state index in [1.165, 1.54) is 4.90 Å². The lowest BCUT2D eigenvalue weighted by Crippen LogP contribution is -2.49. The molecule has 3 amide bonds. The van der Waals surface area contributed by atoms with Crippen molar-refractivity contribution in [1.29, 1.82) is 0 Å². The second-order valence-electron chi connectivity index (χ2n) is 6.71. The van der Waals surface area contributed by atoms with Gasteiger partial charge in [0.15, 0.2) is 0 Å². The number of halogens is 3. The van der Waals surface area contributed by atoms with Crippen molar-refractivity contribution in [3.05, 3.63) is 0 Å². The fourth-order valence-corrected chi connectivity index (χ4v) is 3.48. The lowest BCUT2D eigenvalue weighted by molar-refractivity contribution is -0.183. The van der Waals surface area contributed by atoms with Crippen LogP contribution in [0.3, 0.4) is 0 Å². The normalized spacial score (nSPS) is 26.2. The van der Waals surface area contributed by atoms with Crippen LogP contribution in [0, 0.1) is 5.92 Å². The molecular formula is C16H26F3N3O2. The van der Waals surface area contributed by atoms with E-state index >= 15 is 0 Å². The minimum atomic E-state index is -4.21. The molecule has 2 rings (SSSR count). The molecule has 1 aliphatic heterocycles. The molecule has 0 bridgehead atoms. The molecule has 0 aromatic rings. The lowest BCUT2D eigenvalue weighted by atomic mass is 9.85. The summed E-state index contributed by atoms with van der Waals surface area (Å²) in [6.07, 6.45) is -1.58. The van der Waals surface area contributed by atoms with Gasteiger partial charge in [0.25, 0.3) is 0 Å². The van der Waals surface area contributed by atoms with Crippen LogP contribution >= 0.6 is 0 Å². The predicted molar refractivity (Wildman–Crippen MR) is 83.4 cm³/mol. The first-order valence-electron chi connectivity index (χ1n) is 8.71. The average Bonchev–Trinajstić information content (AvgIpc) is 2.69. The zero-order valence-corrected chi connectivity index (χ0v) is 14.1. The van der Waals surface area contributed by atoms with Gasteiger partial charge in [-0.1, -0.05) is 13.3 Å². The minimum Gasteiger partial charge on any atom is -0.341 e. The van der Waals surface area contributed by atoms with Gasteiger partial charge in [0.05, 0.1) is 5.92 Å². The number of urea groups is 1. The molecule has 1 heterocycles. The van der Waals surface area contributed by atoms with Crippen LogP contribution in [0.1, 0.15) is 45.4 Å². The molecule has 0 aromatic heterocycles. The van der Waals surface area contributed by atoms with Crippen molar-refractivity contribution in [1.82, 2.24) is 15.1 Å². The number of carbonyl (C=O) groups excluding carboxylic acids is 2. The molecule has 1 saturated carbocycles. The summed E-state index contributed by atoms with van der Waals surface area (Å²) in [6, 6.07) is -0.891. The van der Waals surface area contributed by atoms with Gasteiger partial charge >= 0.3 is 12.2 Å². The smallest absolute Gasteiger partial charge is 0.341 e. The van der Waals surface area contributed by atoms with E-state index in [1.54, 1.807) is 4.90 Å². The van der Waals surface area contributed by atoms with Gasteiger partial charge in [0.1, 0.15) is 6.54 Å². The van der Waals surface area contributed by atoms with E-state index in [0.29, 0.717) is 38.9 Å². The Morgan fingerprint density at radius 1 is 1.25 bits per heavy atom. The van der Waals surface area contributed by atoms with Gasteiger partial charge < -0.3 is 15.1 Å². The first-order valence-corrected chi connectivity index (χ1v) is 8.71. The number of carbonyl (C=O) groups is 2. The number of rotatable bonds is 3. The number of amides is 3. The van der Waals surface area contributed by atoms with E-state index in [2.05, 4.69) is 5.32 Å². The van der Waals surface area contributed by atoms with E-state index in [4.69, 9.17) is 0 Å². The summed E-state index contributed by atoms with van der Waals surface area (Å²) >= 11 is 0. The molecule has 2 atom stereocenters. The van der Waals surface area contributed by atoms with Crippen molar-refractivity contribution in [2.75, 3.05) is 26.2 Å². The third-order valence-corrected chi connectivity index (χ3v) is 4.78. The summed E-state index contributed by atoms with van der Waals surface area (Å²) < 4.78 is 38.6. The third-order valence-electron chi connectivity index (χ3n) is 4.78. The highest BCUT2D eigenvalue weighted by Gasteiger charge is 2.42. The third kappa shape index (κ3) is 5.01. The zero-order valence-electron chi connectivity index (χ0n) is 14.1. The Labute approximate surface area is 140 Å². The molecule has 8 heteroatoms. The second-order valence-corrected chi connectivity index (χ2v) is 6.71. The molecule has 0 radical (unpaired) electrons. The average molecular weight is 349 g/mol. The van der Waals surface area contributed by atoms with Gasteiger partial charge in [0.2, 0.25) is 5.91 Å². The van der Waals surface area contributed by atoms with E-state index in [9.17, 15) is 22.8 Å². The minimum absolute atomic E-state index is 0.00124. The van der Waals surface area contributed by atoms with E-state index in [0.717, 1.165) is 6.42 Å². The molecule has 2 fully saturated rings. The van der Waals surface area contributed by atoms with Gasteiger partial charge in [-0.05, 0) is 32.1 Å². The standard InChI is InChI=1S/C16H26F3N3O2/c1-2-7-21-8-4-9-22(11-14(21)23)15(24)20-13-6-3-5-12(10-13)16(17,18)19/h12-13H,2-11H2,1H3,(H,20,24). The topological polar surface area (TPSA) is 52.6 Å². The van der Waals surface area contributed by atoms with Gasteiger partial charge in [-0.3, -0.25) is 4.79 Å². The summed E-state index contributed by atoms with van der Waals surface area (Å²) in [5.41, 5.74) is 0. The van der Waals surface area contributed by atoms with E-state index < -0.39 is 24.2 Å². The molecule has 0 spiro atoms. The van der Waals surface area contributed by atoms with E-state index in [-0.39, 0.29) is 25.3 Å². The van der Waals surface area contributed by atoms with Crippen molar-refractivity contribution in [3.63, 3.8) is 0 Å². The SMILES string of the molecule is CCCN1CCCN(C(=O)NC2CCCC(C(F)(F)F)C2)CC1=O. The number of alkyl halides is 3. The maximum absolute atomic E-state index is 12.9. The monoisotopic (exact) mass is 349 g/mol. The highest BCUT2D eigenvalue weighted by Crippen LogP contribution is 2.37. The van der Waals surface area contributed by atoms with Gasteiger partial charge in [-0.15, -0.1) is 0 Å². The summed E-state index contributed by atoms with van der Waals surface area (Å²) in [7, 11) is 0. The van der Waals surface area contributed by atoms with Crippen LogP contribution in [-0.4, -0.2) is 60.1 Å². The Balaban J connectivity index is 1.88. The molecule has 2 unspecified atom stereocenters. The van der Waals surface area contributed by atoms with Crippen LogP contribution in [-0.2, 0) is 4.79 Å². The van der Waals surface area contributed by atoms with Crippen molar-refractivity contribution < 1.29 is 22.8 Å². The molecule has 1 saturated heterocycles. The van der Waals surface area contributed by atoms with Gasteiger partial charge in [0, 0.05) is 25.7 Å². The molecule has 1 N–H and O–H groups in total. The molecule has 1 aliphatic carbocycles. The first-order chi connectivity index (χ1) is 11.3. The molecule has 0 aromatic carbocycles. The zero-order chi connectivity index (χ0) is 17.7. The maximum Gasteiger partial charge on any atom is 0.391 e. The maximum atomic E-state index is 12.9.